The van der Waals surface area contributed by atoms with Crippen molar-refractivity contribution in [3.8, 4) is 12.3 Å². The Bertz CT molecular complexity index is 801. The van der Waals surface area contributed by atoms with Crippen LogP contribution >= 0.6 is 0 Å². The number of fused-ring (bicyclic) bond motifs is 1. The van der Waals surface area contributed by atoms with Gasteiger partial charge in [-0.2, -0.15) is 0 Å². The number of aromatic nitrogens is 1. The van der Waals surface area contributed by atoms with Gasteiger partial charge in [0.15, 0.2) is 0 Å². The molecule has 3 aromatic rings. The first-order valence-corrected chi connectivity index (χ1v) is 6.57. The third-order valence-corrected chi connectivity index (χ3v) is 3.50. The predicted octanol–water partition coefficient (Wildman–Crippen LogP) is 4.34. The van der Waals surface area contributed by atoms with Crippen LogP contribution in [0.1, 0.15) is 11.1 Å². The van der Waals surface area contributed by atoms with Gasteiger partial charge in [0.2, 0.25) is 0 Å². The Labute approximate surface area is 119 Å². The maximum atomic E-state index is 5.45. The molecule has 20 heavy (non-hydrogen) atoms. The van der Waals surface area contributed by atoms with Gasteiger partial charge >= 0.3 is 0 Å². The minimum Gasteiger partial charge on any atom is -0.335 e. The Morgan fingerprint density at radius 1 is 1.05 bits per heavy atom. The molecule has 1 aromatic heterocycles. The molecule has 0 saturated carbocycles. The Kier molecular flexibility index (Phi) is 3.15. The van der Waals surface area contributed by atoms with Crippen LogP contribution < -0.4 is 0 Å². The lowest BCUT2D eigenvalue weighted by molar-refractivity contribution is 0.885. The van der Waals surface area contributed by atoms with Gasteiger partial charge in [-0.05, 0) is 17.2 Å². The molecule has 0 radical (unpaired) electrons. The predicted molar refractivity (Wildman–Crippen MR) is 85.3 cm³/mol. The van der Waals surface area contributed by atoms with Crippen LogP contribution in [0.4, 0.5) is 0 Å². The molecular weight excluding hydrogens is 242 g/mol. The Hall–Kier alpha value is -2.72. The molecule has 0 fully saturated rings. The van der Waals surface area contributed by atoms with E-state index in [1.807, 2.05) is 30.3 Å². The van der Waals surface area contributed by atoms with E-state index in [0.717, 1.165) is 22.2 Å². The van der Waals surface area contributed by atoms with E-state index in [2.05, 4.69) is 47.5 Å². The number of para-hydroxylation sites is 1. The number of terminal acetylenes is 1. The summed E-state index contributed by atoms with van der Waals surface area (Å²) < 4.78 is 2.10. The van der Waals surface area contributed by atoms with Gasteiger partial charge in [-0.1, -0.05) is 61.0 Å². The van der Waals surface area contributed by atoms with Crippen molar-refractivity contribution in [1.29, 1.82) is 0 Å². The van der Waals surface area contributed by atoms with E-state index in [0.29, 0.717) is 6.54 Å². The normalized spacial score (nSPS) is 10.3. The van der Waals surface area contributed by atoms with Gasteiger partial charge in [0.1, 0.15) is 0 Å². The van der Waals surface area contributed by atoms with E-state index < -0.39 is 0 Å². The summed E-state index contributed by atoms with van der Waals surface area (Å²) in [4.78, 5) is 0. The minimum atomic E-state index is 0.572. The van der Waals surface area contributed by atoms with Crippen molar-refractivity contribution in [3.63, 3.8) is 0 Å². The van der Waals surface area contributed by atoms with Gasteiger partial charge in [-0.3, -0.25) is 0 Å². The van der Waals surface area contributed by atoms with Crippen molar-refractivity contribution in [2.45, 2.75) is 6.54 Å². The molecule has 0 unspecified atom stereocenters. The second-order valence-electron chi connectivity index (χ2n) is 4.74. The molecule has 1 heterocycles. The fourth-order valence-electron chi connectivity index (χ4n) is 2.51. The summed E-state index contributed by atoms with van der Waals surface area (Å²) in [5.41, 5.74) is 4.45. The second-order valence-corrected chi connectivity index (χ2v) is 4.74. The lowest BCUT2D eigenvalue weighted by Crippen LogP contribution is -1.92. The standard InChI is InChI=1S/C19H15N/c1-3-13-20-14-18(17-11-7-8-12-19(17)20)15(2)16-9-5-4-6-10-16/h1,4-12,14H,2,13H2. The van der Waals surface area contributed by atoms with Crippen LogP contribution in [0.3, 0.4) is 0 Å². The lowest BCUT2D eigenvalue weighted by atomic mass is 9.99. The molecule has 0 spiro atoms. The summed E-state index contributed by atoms with van der Waals surface area (Å²) in [7, 11) is 0. The molecule has 96 valence electrons. The molecule has 1 heteroatoms. The molecule has 0 bridgehead atoms. The van der Waals surface area contributed by atoms with Crippen LogP contribution in [-0.2, 0) is 6.54 Å². The highest BCUT2D eigenvalue weighted by Crippen LogP contribution is 2.30. The van der Waals surface area contributed by atoms with Crippen molar-refractivity contribution in [2.24, 2.45) is 0 Å². The third kappa shape index (κ3) is 2.02. The topological polar surface area (TPSA) is 4.93 Å². The van der Waals surface area contributed by atoms with E-state index >= 15 is 0 Å². The molecule has 0 atom stereocenters. The quantitative estimate of drug-likeness (QED) is 0.615. The SMILES string of the molecule is C#CCn1cc(C(=C)c2ccccc2)c2ccccc21. The fraction of sp³-hybridized carbons (Fsp3) is 0.0526. The monoisotopic (exact) mass is 257 g/mol. The lowest BCUT2D eigenvalue weighted by Gasteiger charge is -2.04. The summed E-state index contributed by atoms with van der Waals surface area (Å²) >= 11 is 0. The summed E-state index contributed by atoms with van der Waals surface area (Å²) in [5.74, 6) is 2.70. The van der Waals surface area contributed by atoms with E-state index in [1.54, 1.807) is 0 Å². The Morgan fingerprint density at radius 3 is 2.50 bits per heavy atom. The Balaban J connectivity index is 2.17. The van der Waals surface area contributed by atoms with Gasteiger partial charge in [0.05, 0.1) is 6.54 Å². The fourth-order valence-corrected chi connectivity index (χ4v) is 2.51. The number of hydrogen-bond acceptors (Lipinski definition) is 0. The van der Waals surface area contributed by atoms with Crippen LogP contribution in [-0.4, -0.2) is 4.57 Å². The second kappa shape index (κ2) is 5.11. The average Bonchev–Trinajstić information content (AvgIpc) is 2.87. The smallest absolute Gasteiger partial charge is 0.0835 e. The van der Waals surface area contributed by atoms with Gasteiger partial charge in [-0.25, -0.2) is 0 Å². The van der Waals surface area contributed by atoms with Crippen molar-refractivity contribution in [3.05, 3.63) is 78.5 Å². The molecule has 0 aliphatic rings. The van der Waals surface area contributed by atoms with Crippen LogP contribution in [0.15, 0.2) is 67.4 Å². The van der Waals surface area contributed by atoms with Crippen LogP contribution in [0.2, 0.25) is 0 Å². The van der Waals surface area contributed by atoms with Crippen molar-refractivity contribution < 1.29 is 0 Å². The van der Waals surface area contributed by atoms with E-state index in [4.69, 9.17) is 6.42 Å². The van der Waals surface area contributed by atoms with E-state index in [1.165, 1.54) is 5.39 Å². The first kappa shape index (κ1) is 12.3. The zero-order chi connectivity index (χ0) is 13.9. The van der Waals surface area contributed by atoms with Gasteiger partial charge in [-0.15, -0.1) is 6.42 Å². The average molecular weight is 257 g/mol. The zero-order valence-corrected chi connectivity index (χ0v) is 11.2. The van der Waals surface area contributed by atoms with Crippen LogP contribution in [0.25, 0.3) is 16.5 Å². The van der Waals surface area contributed by atoms with E-state index in [-0.39, 0.29) is 0 Å². The van der Waals surface area contributed by atoms with Gasteiger partial charge in [0.25, 0.3) is 0 Å². The molecule has 0 aliphatic carbocycles. The Morgan fingerprint density at radius 2 is 1.75 bits per heavy atom. The highest BCUT2D eigenvalue weighted by atomic mass is 14.9. The summed E-state index contributed by atoms with van der Waals surface area (Å²) in [6, 6.07) is 18.5. The number of rotatable bonds is 3. The molecular formula is C19H15N. The van der Waals surface area contributed by atoms with Crippen molar-refractivity contribution in [1.82, 2.24) is 4.57 Å². The highest BCUT2D eigenvalue weighted by molar-refractivity contribution is 5.96. The minimum absolute atomic E-state index is 0.572. The molecule has 0 amide bonds. The maximum absolute atomic E-state index is 5.45. The van der Waals surface area contributed by atoms with Gasteiger partial charge < -0.3 is 4.57 Å². The van der Waals surface area contributed by atoms with Crippen LogP contribution in [0.5, 0.6) is 0 Å². The molecule has 3 rings (SSSR count). The summed E-state index contributed by atoms with van der Waals surface area (Å²) in [6.07, 6.45) is 7.55. The van der Waals surface area contributed by atoms with E-state index in [9.17, 15) is 0 Å². The van der Waals surface area contributed by atoms with Crippen molar-refractivity contribution in [2.75, 3.05) is 0 Å². The molecule has 0 N–H and O–H groups in total. The van der Waals surface area contributed by atoms with Crippen molar-refractivity contribution >= 4 is 16.5 Å². The number of benzene rings is 2. The molecule has 0 saturated heterocycles. The number of hydrogen-bond donors (Lipinski definition) is 0. The molecule has 2 aromatic carbocycles. The maximum Gasteiger partial charge on any atom is 0.0835 e. The first-order chi connectivity index (χ1) is 9.81. The van der Waals surface area contributed by atoms with Gasteiger partial charge in [0, 0.05) is 22.7 Å². The summed E-state index contributed by atoms with van der Waals surface area (Å²) in [5, 5.41) is 1.19. The zero-order valence-electron chi connectivity index (χ0n) is 11.2. The first-order valence-electron chi connectivity index (χ1n) is 6.57. The number of nitrogens with zero attached hydrogens (tertiary/aromatic N) is 1. The highest BCUT2D eigenvalue weighted by Gasteiger charge is 2.11. The largest absolute Gasteiger partial charge is 0.335 e. The molecule has 1 nitrogen and oxygen atoms in total. The third-order valence-electron chi connectivity index (χ3n) is 3.50. The van der Waals surface area contributed by atoms with Crippen LogP contribution in [0, 0.1) is 12.3 Å². The molecule has 0 aliphatic heterocycles. The summed E-state index contributed by atoms with van der Waals surface area (Å²) in [6.45, 7) is 4.83.